The lowest BCUT2D eigenvalue weighted by Crippen LogP contribution is -2.49. The fraction of sp³-hybridized carbons (Fsp3) is 0.400. The van der Waals surface area contributed by atoms with Crippen LogP contribution in [0.25, 0.3) is 10.9 Å². The zero-order chi connectivity index (χ0) is 34.1. The summed E-state index contributed by atoms with van der Waals surface area (Å²) < 4.78 is 64.1. The largest absolute Gasteiger partial charge is 0.490 e. The number of aromatic nitrogens is 2. The predicted octanol–water partition coefficient (Wildman–Crippen LogP) is 4.54. The van der Waals surface area contributed by atoms with E-state index in [2.05, 4.69) is 25.9 Å². The highest BCUT2D eigenvalue weighted by molar-refractivity contribution is 7.16. The number of amides is 2. The number of carboxylic acids is 2. The van der Waals surface area contributed by atoms with E-state index in [0.717, 1.165) is 34.4 Å². The molecule has 1 saturated heterocycles. The smallest absolute Gasteiger partial charge is 0.475 e. The van der Waals surface area contributed by atoms with Crippen LogP contribution < -0.4 is 16.0 Å². The summed E-state index contributed by atoms with van der Waals surface area (Å²) in [5.74, 6) is -5.59. The molecule has 0 spiro atoms. The van der Waals surface area contributed by atoms with Crippen LogP contribution in [0.3, 0.4) is 0 Å². The Bertz CT molecular complexity index is 1420. The Balaban J connectivity index is 0.000000421. The Kier molecular flexibility index (Phi) is 13.4. The highest BCUT2D eigenvalue weighted by atomic mass is 35.5. The number of nitrogens with zero attached hydrogens (tertiary/aromatic N) is 1. The minimum Gasteiger partial charge on any atom is -0.475 e. The number of pyridine rings is 1. The molecule has 2 amide bonds. The summed E-state index contributed by atoms with van der Waals surface area (Å²) in [5, 5.41) is 24.7. The van der Waals surface area contributed by atoms with Crippen molar-refractivity contribution in [2.45, 2.75) is 50.7 Å². The fourth-order valence-electron chi connectivity index (χ4n) is 3.78. The summed E-state index contributed by atoms with van der Waals surface area (Å²) in [4.78, 5) is 51.3. The lowest BCUT2D eigenvalue weighted by Gasteiger charge is -2.17. The molecule has 1 unspecified atom stereocenters. The second-order valence-corrected chi connectivity index (χ2v) is 11.6. The summed E-state index contributed by atoms with van der Waals surface area (Å²) in [7, 11) is 0. The number of carbonyl (C=O) groups is 4. The molecule has 0 aromatic carbocycles. The molecule has 0 bridgehead atoms. The van der Waals surface area contributed by atoms with Crippen molar-refractivity contribution in [1.82, 2.24) is 25.9 Å². The molecule has 3 atom stereocenters. The van der Waals surface area contributed by atoms with Crippen molar-refractivity contribution in [2.75, 3.05) is 6.54 Å². The van der Waals surface area contributed by atoms with Crippen molar-refractivity contribution in [1.29, 1.82) is 0 Å². The maximum Gasteiger partial charge on any atom is 0.490 e. The second-order valence-electron chi connectivity index (χ2n) is 9.41. The third kappa shape index (κ3) is 12.4. The summed E-state index contributed by atoms with van der Waals surface area (Å²) in [5.41, 5.74) is 1.85. The van der Waals surface area contributed by atoms with Crippen LogP contribution in [0, 0.1) is 5.92 Å². The van der Waals surface area contributed by atoms with Crippen LogP contribution in [0.5, 0.6) is 0 Å². The van der Waals surface area contributed by atoms with Crippen LogP contribution in [0.2, 0.25) is 9.36 Å². The number of halogens is 8. The SMILES string of the molecule is CC(NC(=O)[C@H]1C[C@H](Cc2cc(Cl)c(Cl)s2)CN1)C(=O)NCc1cc2cnccc2[nH]1.O=C(O)C(F)(F)F.O=C(O)C(F)(F)F. The molecular formula is C25H25Cl2F6N5O6S. The van der Waals surface area contributed by atoms with E-state index in [-0.39, 0.29) is 17.9 Å². The zero-order valence-electron chi connectivity index (χ0n) is 22.9. The lowest BCUT2D eigenvalue weighted by atomic mass is 10.0. The molecule has 1 aliphatic rings. The van der Waals surface area contributed by atoms with E-state index in [1.165, 1.54) is 11.3 Å². The molecule has 1 fully saturated rings. The number of carbonyl (C=O) groups excluding carboxylic acids is 2. The van der Waals surface area contributed by atoms with Crippen LogP contribution in [0.1, 0.15) is 23.9 Å². The fourth-order valence-corrected chi connectivity index (χ4v) is 5.33. The first-order valence-corrected chi connectivity index (χ1v) is 14.1. The van der Waals surface area contributed by atoms with Gasteiger partial charge in [0.1, 0.15) is 10.4 Å². The molecule has 45 heavy (non-hydrogen) atoms. The van der Waals surface area contributed by atoms with Gasteiger partial charge in [0.25, 0.3) is 0 Å². The van der Waals surface area contributed by atoms with E-state index in [1.54, 1.807) is 19.3 Å². The highest BCUT2D eigenvalue weighted by Gasteiger charge is 2.39. The number of nitrogens with one attached hydrogen (secondary N) is 4. The first-order valence-electron chi connectivity index (χ1n) is 12.5. The number of fused-ring (bicyclic) bond motifs is 1. The molecule has 0 saturated carbocycles. The highest BCUT2D eigenvalue weighted by Crippen LogP contribution is 2.34. The van der Waals surface area contributed by atoms with Crippen LogP contribution >= 0.6 is 34.5 Å². The molecule has 0 radical (unpaired) electrons. The van der Waals surface area contributed by atoms with E-state index < -0.39 is 30.3 Å². The molecule has 1 aliphatic heterocycles. The van der Waals surface area contributed by atoms with Crippen molar-refractivity contribution in [2.24, 2.45) is 5.92 Å². The minimum absolute atomic E-state index is 0.163. The summed E-state index contributed by atoms with van der Waals surface area (Å²) >= 11 is 13.5. The summed E-state index contributed by atoms with van der Waals surface area (Å²) in [6, 6.07) is 4.77. The summed E-state index contributed by atoms with van der Waals surface area (Å²) in [6.07, 6.45) is -5.16. The van der Waals surface area contributed by atoms with Crippen LogP contribution in [0.4, 0.5) is 26.3 Å². The molecule has 20 heteroatoms. The van der Waals surface area contributed by atoms with E-state index in [9.17, 15) is 35.9 Å². The quantitative estimate of drug-likeness (QED) is 0.194. The van der Waals surface area contributed by atoms with Crippen molar-refractivity contribution in [3.63, 3.8) is 0 Å². The van der Waals surface area contributed by atoms with Gasteiger partial charge in [-0.25, -0.2) is 9.59 Å². The van der Waals surface area contributed by atoms with Gasteiger partial charge in [-0.3, -0.25) is 14.6 Å². The topological polar surface area (TPSA) is 174 Å². The van der Waals surface area contributed by atoms with Crippen molar-refractivity contribution in [3.8, 4) is 0 Å². The van der Waals surface area contributed by atoms with E-state index in [1.807, 2.05) is 18.2 Å². The molecule has 4 rings (SSSR count). The lowest BCUT2D eigenvalue weighted by molar-refractivity contribution is -0.193. The van der Waals surface area contributed by atoms with Gasteiger partial charge in [-0.05, 0) is 50.4 Å². The molecule has 6 N–H and O–H groups in total. The standard InChI is InChI=1S/C21H23Cl2N5O2S.2C2HF3O2/c1-11(20(29)26-10-14-6-13-9-24-3-2-17(13)28-14)27-21(30)18-5-12(8-25-18)4-15-7-16(22)19(23)31-15;2*3-2(4,5)1(6)7/h2-3,6-7,9,11-12,18,25,28H,4-5,8,10H2,1H3,(H,26,29)(H,27,30);2*(H,6,7)/t11?,12-,18+;;/m0../s1. The number of hydrogen-bond donors (Lipinski definition) is 6. The van der Waals surface area contributed by atoms with Crippen LogP contribution in [0.15, 0.2) is 30.6 Å². The predicted molar refractivity (Wildman–Crippen MR) is 151 cm³/mol. The van der Waals surface area contributed by atoms with Crippen LogP contribution in [-0.2, 0) is 32.1 Å². The number of aliphatic carboxylic acids is 2. The first-order chi connectivity index (χ1) is 20.8. The molecule has 3 aromatic heterocycles. The normalized spacial score (nSPS) is 16.9. The van der Waals surface area contributed by atoms with Gasteiger partial charge >= 0.3 is 24.3 Å². The number of thiophene rings is 1. The number of H-pyrrole nitrogens is 1. The van der Waals surface area contributed by atoms with E-state index >= 15 is 0 Å². The number of carboxylic acid groups (broad SMARTS) is 2. The first kappa shape index (κ1) is 37.6. The summed E-state index contributed by atoms with van der Waals surface area (Å²) in [6.45, 7) is 2.77. The van der Waals surface area contributed by atoms with Gasteiger partial charge in [0.2, 0.25) is 11.8 Å². The molecule has 0 aliphatic carbocycles. The number of alkyl halides is 6. The van der Waals surface area contributed by atoms with Gasteiger partial charge in [-0.1, -0.05) is 23.2 Å². The third-order valence-corrected chi connectivity index (χ3v) is 7.78. The van der Waals surface area contributed by atoms with Gasteiger partial charge in [-0.2, -0.15) is 26.3 Å². The number of hydrogen-bond acceptors (Lipinski definition) is 7. The van der Waals surface area contributed by atoms with Crippen LogP contribution in [-0.4, -0.2) is 74.9 Å². The Morgan fingerprint density at radius 2 is 1.69 bits per heavy atom. The Morgan fingerprint density at radius 1 is 1.09 bits per heavy atom. The average molecular weight is 708 g/mol. The number of aromatic amines is 1. The van der Waals surface area contributed by atoms with Crippen molar-refractivity contribution < 1.29 is 55.7 Å². The van der Waals surface area contributed by atoms with Gasteiger partial charge in [-0.15, -0.1) is 11.3 Å². The van der Waals surface area contributed by atoms with Gasteiger partial charge in [0.05, 0.1) is 17.6 Å². The molecule has 248 valence electrons. The van der Waals surface area contributed by atoms with Crippen molar-refractivity contribution in [3.05, 3.63) is 50.5 Å². The second kappa shape index (κ2) is 16.1. The Hall–Kier alpha value is -3.61. The Morgan fingerprint density at radius 3 is 2.20 bits per heavy atom. The molecule has 11 nitrogen and oxygen atoms in total. The minimum atomic E-state index is -5.08. The molecule has 4 heterocycles. The van der Waals surface area contributed by atoms with E-state index in [4.69, 9.17) is 43.0 Å². The monoisotopic (exact) mass is 707 g/mol. The number of rotatable bonds is 7. The van der Waals surface area contributed by atoms with Gasteiger partial charge in [0, 0.05) is 33.9 Å². The zero-order valence-corrected chi connectivity index (χ0v) is 25.2. The molecular weight excluding hydrogens is 683 g/mol. The molecule has 3 aromatic rings. The average Bonchev–Trinajstić information content (AvgIpc) is 3.65. The van der Waals surface area contributed by atoms with Crippen molar-refractivity contribution >= 4 is 69.2 Å². The van der Waals surface area contributed by atoms with E-state index in [0.29, 0.717) is 28.2 Å². The Labute approximate surface area is 264 Å². The van der Waals surface area contributed by atoms with Gasteiger partial charge in [0.15, 0.2) is 0 Å². The third-order valence-electron chi connectivity index (χ3n) is 5.89. The van der Waals surface area contributed by atoms with Gasteiger partial charge < -0.3 is 31.1 Å². The maximum absolute atomic E-state index is 12.6. The maximum atomic E-state index is 12.6.